The van der Waals surface area contributed by atoms with E-state index >= 15 is 0 Å². The molecule has 2 saturated heterocycles. The molecule has 0 aliphatic carbocycles. The number of benzene rings is 1. The van der Waals surface area contributed by atoms with Crippen molar-refractivity contribution in [1.82, 2.24) is 15.3 Å². The number of para-hydroxylation sites is 1. The lowest BCUT2D eigenvalue weighted by Gasteiger charge is -2.38. The van der Waals surface area contributed by atoms with Gasteiger partial charge < -0.3 is 30.1 Å². The van der Waals surface area contributed by atoms with E-state index in [2.05, 4.69) is 68.7 Å². The van der Waals surface area contributed by atoms with Crippen LogP contribution in [0.5, 0.6) is 0 Å². The maximum absolute atomic E-state index is 5.50. The van der Waals surface area contributed by atoms with Gasteiger partial charge in [-0.2, -0.15) is 9.97 Å². The van der Waals surface area contributed by atoms with Crippen LogP contribution in [-0.2, 0) is 4.74 Å². The zero-order valence-electron chi connectivity index (χ0n) is 20.4. The first kappa shape index (κ1) is 24.5. The molecular formula is C25H37N7OS. The number of rotatable bonds is 8. The van der Waals surface area contributed by atoms with Gasteiger partial charge in [0.2, 0.25) is 5.95 Å². The highest BCUT2D eigenvalue weighted by atomic mass is 32.1. The molecule has 1 aromatic heterocycles. The summed E-state index contributed by atoms with van der Waals surface area (Å²) in [7, 11) is 1.71. The first-order valence-electron chi connectivity index (χ1n) is 12.4. The molecule has 0 saturated carbocycles. The third-order valence-corrected chi connectivity index (χ3v) is 6.80. The van der Waals surface area contributed by atoms with Crippen LogP contribution in [0.25, 0.3) is 0 Å². The number of methoxy groups -OCH3 is 1. The predicted molar refractivity (Wildman–Crippen MR) is 144 cm³/mol. The fraction of sp³-hybridized carbons (Fsp3) is 0.560. The summed E-state index contributed by atoms with van der Waals surface area (Å²) in [5, 5.41) is 6.99. The molecule has 2 aliphatic rings. The topological polar surface area (TPSA) is 68.8 Å². The van der Waals surface area contributed by atoms with Crippen molar-refractivity contribution < 1.29 is 4.74 Å². The summed E-state index contributed by atoms with van der Waals surface area (Å²) < 4.78 is 5.11. The summed E-state index contributed by atoms with van der Waals surface area (Å²) in [6.07, 6.45) is 4.55. The van der Waals surface area contributed by atoms with Crippen molar-refractivity contribution >= 4 is 40.6 Å². The van der Waals surface area contributed by atoms with Gasteiger partial charge >= 0.3 is 0 Å². The van der Waals surface area contributed by atoms with Gasteiger partial charge in [-0.3, -0.25) is 0 Å². The SMILES string of the molecule is COCCCNC(=S)Nc1nc(N2CCN(c3ccccc3)CC2)cc(N2CCCC[C@H]2C)n1. The van der Waals surface area contributed by atoms with E-state index in [1.165, 1.54) is 24.9 Å². The highest BCUT2D eigenvalue weighted by Crippen LogP contribution is 2.28. The second kappa shape index (κ2) is 12.2. The Hall–Kier alpha value is -2.65. The van der Waals surface area contributed by atoms with Gasteiger partial charge in [0.25, 0.3) is 0 Å². The molecule has 1 atom stereocenters. The number of ether oxygens (including phenoxy) is 1. The van der Waals surface area contributed by atoms with Crippen molar-refractivity contribution in [3.63, 3.8) is 0 Å². The van der Waals surface area contributed by atoms with E-state index in [9.17, 15) is 0 Å². The molecule has 1 aromatic carbocycles. The fourth-order valence-electron chi connectivity index (χ4n) is 4.62. The Morgan fingerprint density at radius 1 is 1.03 bits per heavy atom. The number of nitrogens with zero attached hydrogens (tertiary/aromatic N) is 5. The quantitative estimate of drug-likeness (QED) is 0.434. The van der Waals surface area contributed by atoms with Crippen molar-refractivity contribution in [3.05, 3.63) is 36.4 Å². The van der Waals surface area contributed by atoms with Crippen LogP contribution < -0.4 is 25.3 Å². The molecule has 8 nitrogen and oxygen atoms in total. The average molecular weight is 484 g/mol. The van der Waals surface area contributed by atoms with Crippen LogP contribution >= 0.6 is 12.2 Å². The second-order valence-electron chi connectivity index (χ2n) is 8.98. The Morgan fingerprint density at radius 3 is 2.50 bits per heavy atom. The molecule has 34 heavy (non-hydrogen) atoms. The van der Waals surface area contributed by atoms with Crippen LogP contribution in [0.2, 0.25) is 0 Å². The molecule has 4 rings (SSSR count). The van der Waals surface area contributed by atoms with E-state index in [0.717, 1.165) is 57.3 Å². The number of hydrogen-bond donors (Lipinski definition) is 2. The molecule has 2 fully saturated rings. The van der Waals surface area contributed by atoms with E-state index in [-0.39, 0.29) is 0 Å². The zero-order valence-corrected chi connectivity index (χ0v) is 21.2. The number of aromatic nitrogens is 2. The molecule has 0 amide bonds. The van der Waals surface area contributed by atoms with Crippen LogP contribution in [0.1, 0.15) is 32.6 Å². The lowest BCUT2D eigenvalue weighted by molar-refractivity contribution is 0.196. The monoisotopic (exact) mass is 483 g/mol. The van der Waals surface area contributed by atoms with Crippen molar-refractivity contribution in [2.24, 2.45) is 0 Å². The van der Waals surface area contributed by atoms with Gasteiger partial charge in [0.1, 0.15) is 11.6 Å². The Kier molecular flexibility index (Phi) is 8.76. The lowest BCUT2D eigenvalue weighted by Crippen LogP contribution is -2.47. The van der Waals surface area contributed by atoms with Gasteiger partial charge in [-0.25, -0.2) is 0 Å². The van der Waals surface area contributed by atoms with Gasteiger partial charge in [0, 0.05) is 70.8 Å². The molecule has 0 spiro atoms. The smallest absolute Gasteiger partial charge is 0.232 e. The van der Waals surface area contributed by atoms with Crippen molar-refractivity contribution in [1.29, 1.82) is 0 Å². The van der Waals surface area contributed by atoms with Gasteiger partial charge in [-0.05, 0) is 57.0 Å². The Labute approximate surface area is 208 Å². The maximum atomic E-state index is 5.50. The van der Waals surface area contributed by atoms with Gasteiger partial charge in [-0.15, -0.1) is 0 Å². The number of thiocarbonyl (C=S) groups is 1. The van der Waals surface area contributed by atoms with E-state index in [4.69, 9.17) is 26.9 Å². The highest BCUT2D eigenvalue weighted by molar-refractivity contribution is 7.80. The Bertz CT molecular complexity index is 921. The van der Waals surface area contributed by atoms with Crippen molar-refractivity contribution in [2.45, 2.75) is 38.6 Å². The molecule has 0 radical (unpaired) electrons. The van der Waals surface area contributed by atoms with Crippen molar-refractivity contribution in [3.8, 4) is 0 Å². The summed E-state index contributed by atoms with van der Waals surface area (Å²) in [6.45, 7) is 8.52. The highest BCUT2D eigenvalue weighted by Gasteiger charge is 2.24. The van der Waals surface area contributed by atoms with Crippen LogP contribution in [-0.4, -0.2) is 74.1 Å². The largest absolute Gasteiger partial charge is 0.385 e. The third kappa shape index (κ3) is 6.48. The van der Waals surface area contributed by atoms with Gasteiger partial charge in [-0.1, -0.05) is 18.2 Å². The first-order valence-corrected chi connectivity index (χ1v) is 12.8. The minimum Gasteiger partial charge on any atom is -0.385 e. The molecule has 2 aliphatic heterocycles. The molecule has 3 heterocycles. The summed E-state index contributed by atoms with van der Waals surface area (Å²) >= 11 is 5.50. The number of piperazine rings is 1. The zero-order chi connectivity index (χ0) is 23.8. The van der Waals surface area contributed by atoms with Crippen LogP contribution in [0.3, 0.4) is 0 Å². The van der Waals surface area contributed by atoms with Crippen molar-refractivity contribution in [2.75, 3.05) is 73.0 Å². The normalized spacial score (nSPS) is 18.6. The van der Waals surface area contributed by atoms with Crippen LogP contribution in [0, 0.1) is 0 Å². The van der Waals surface area contributed by atoms with E-state index in [1.807, 2.05) is 0 Å². The van der Waals surface area contributed by atoms with Crippen LogP contribution in [0.15, 0.2) is 36.4 Å². The summed E-state index contributed by atoms with van der Waals surface area (Å²) in [4.78, 5) is 16.9. The fourth-order valence-corrected chi connectivity index (χ4v) is 4.82. The van der Waals surface area contributed by atoms with E-state index < -0.39 is 0 Å². The first-order chi connectivity index (χ1) is 16.6. The number of hydrogen-bond acceptors (Lipinski definition) is 7. The summed E-state index contributed by atoms with van der Waals surface area (Å²) in [5.74, 6) is 2.49. The Morgan fingerprint density at radius 2 is 1.76 bits per heavy atom. The number of anilines is 4. The summed E-state index contributed by atoms with van der Waals surface area (Å²) in [5.41, 5.74) is 1.28. The molecule has 2 N–H and O–H groups in total. The molecule has 0 unspecified atom stereocenters. The molecule has 2 aromatic rings. The van der Waals surface area contributed by atoms with E-state index in [1.54, 1.807) is 7.11 Å². The third-order valence-electron chi connectivity index (χ3n) is 6.56. The molecule has 184 valence electrons. The minimum atomic E-state index is 0.471. The Balaban J connectivity index is 1.48. The summed E-state index contributed by atoms with van der Waals surface area (Å²) in [6, 6.07) is 13.2. The minimum absolute atomic E-state index is 0.471. The predicted octanol–water partition coefficient (Wildman–Crippen LogP) is 3.50. The second-order valence-corrected chi connectivity index (χ2v) is 9.39. The number of piperidine rings is 1. The van der Waals surface area contributed by atoms with E-state index in [0.29, 0.717) is 23.7 Å². The lowest BCUT2D eigenvalue weighted by atomic mass is 10.0. The maximum Gasteiger partial charge on any atom is 0.232 e. The molecule has 0 bridgehead atoms. The average Bonchev–Trinajstić information content (AvgIpc) is 2.87. The number of nitrogens with one attached hydrogen (secondary N) is 2. The van der Waals surface area contributed by atoms with Crippen LogP contribution in [0.4, 0.5) is 23.3 Å². The molecular weight excluding hydrogens is 446 g/mol. The standard InChI is InChI=1S/C25H37N7OS/c1-20-9-6-7-13-32(20)23-19-22(27-24(28-23)29-25(34)26-12-8-18-33-2)31-16-14-30(15-17-31)21-10-4-3-5-11-21/h3-5,10-11,19-20H,6-9,12-18H2,1-2H3,(H2,26,27,28,29,34)/t20-/m1/s1. The van der Waals surface area contributed by atoms with Gasteiger partial charge in [0.05, 0.1) is 0 Å². The van der Waals surface area contributed by atoms with Gasteiger partial charge in [0.15, 0.2) is 5.11 Å². The molecule has 9 heteroatoms.